The lowest BCUT2D eigenvalue weighted by atomic mass is 10.1. The summed E-state index contributed by atoms with van der Waals surface area (Å²) < 4.78 is 0. The summed E-state index contributed by atoms with van der Waals surface area (Å²) in [4.78, 5) is 15.2. The maximum Gasteiger partial charge on any atom is 0.239 e. The van der Waals surface area contributed by atoms with Crippen LogP contribution >= 0.6 is 23.7 Å². The van der Waals surface area contributed by atoms with Gasteiger partial charge in [0.05, 0.1) is 12.6 Å². The number of amides is 1. The molecule has 0 saturated carbocycles. The molecule has 2 rings (SSSR count). The molecule has 2 aromatic rings. The van der Waals surface area contributed by atoms with Crippen LogP contribution in [0.25, 0.3) is 0 Å². The van der Waals surface area contributed by atoms with Gasteiger partial charge >= 0.3 is 0 Å². The van der Waals surface area contributed by atoms with Gasteiger partial charge in [-0.15, -0.1) is 23.7 Å². The van der Waals surface area contributed by atoms with E-state index in [1.807, 2.05) is 54.8 Å². The Bertz CT molecular complexity index is 592. The minimum Gasteiger partial charge on any atom is -0.386 e. The van der Waals surface area contributed by atoms with Crippen LogP contribution in [0.3, 0.4) is 0 Å². The monoisotopic (exact) mass is 368 g/mol. The van der Waals surface area contributed by atoms with Gasteiger partial charge in [-0.1, -0.05) is 49.7 Å². The predicted octanol–water partition coefficient (Wildman–Crippen LogP) is 3.36. The van der Waals surface area contributed by atoms with Crippen molar-refractivity contribution in [3.63, 3.8) is 0 Å². The fourth-order valence-corrected chi connectivity index (χ4v) is 3.19. The van der Waals surface area contributed by atoms with Crippen LogP contribution in [0.5, 0.6) is 0 Å². The van der Waals surface area contributed by atoms with E-state index in [9.17, 15) is 9.90 Å². The molecule has 0 radical (unpaired) electrons. The molecule has 4 nitrogen and oxygen atoms in total. The molecular weight excluding hydrogens is 344 g/mol. The van der Waals surface area contributed by atoms with Gasteiger partial charge in [-0.05, 0) is 23.4 Å². The molecule has 24 heavy (non-hydrogen) atoms. The average Bonchev–Trinajstić information content (AvgIpc) is 3.09. The van der Waals surface area contributed by atoms with E-state index in [2.05, 4.69) is 0 Å². The fraction of sp³-hybridized carbons (Fsp3) is 0.389. The lowest BCUT2D eigenvalue weighted by molar-refractivity contribution is -0.134. The second kappa shape index (κ2) is 10.5. The molecule has 0 spiro atoms. The summed E-state index contributed by atoms with van der Waals surface area (Å²) >= 11 is 1.49. The molecule has 1 aromatic carbocycles. The number of aliphatic hydroxyl groups is 1. The molecule has 0 aliphatic rings. The molecular formula is C18H25ClN2O2S. The van der Waals surface area contributed by atoms with Crippen molar-refractivity contribution in [3.05, 3.63) is 58.3 Å². The van der Waals surface area contributed by atoms with Crippen molar-refractivity contribution in [3.8, 4) is 0 Å². The molecule has 1 heterocycles. The summed E-state index contributed by atoms with van der Waals surface area (Å²) in [6, 6.07) is 13.0. The fourth-order valence-electron chi connectivity index (χ4n) is 2.48. The van der Waals surface area contributed by atoms with Crippen LogP contribution < -0.4 is 5.73 Å². The Morgan fingerprint density at radius 1 is 1.25 bits per heavy atom. The highest BCUT2D eigenvalue weighted by Crippen LogP contribution is 2.21. The highest BCUT2D eigenvalue weighted by atomic mass is 35.5. The smallest absolute Gasteiger partial charge is 0.239 e. The predicted molar refractivity (Wildman–Crippen MR) is 101 cm³/mol. The molecule has 132 valence electrons. The normalized spacial score (nSPS) is 13.0. The number of halogens is 1. The van der Waals surface area contributed by atoms with Crippen molar-refractivity contribution in [1.82, 2.24) is 4.90 Å². The zero-order chi connectivity index (χ0) is 16.7. The number of benzene rings is 1. The van der Waals surface area contributed by atoms with Crippen molar-refractivity contribution in [2.24, 2.45) is 5.73 Å². The van der Waals surface area contributed by atoms with Crippen LogP contribution in [0.2, 0.25) is 0 Å². The van der Waals surface area contributed by atoms with Gasteiger partial charge in [0.25, 0.3) is 0 Å². The minimum absolute atomic E-state index is 0. The van der Waals surface area contributed by atoms with Crippen molar-refractivity contribution in [2.45, 2.75) is 38.5 Å². The average molecular weight is 369 g/mol. The van der Waals surface area contributed by atoms with E-state index in [-0.39, 0.29) is 24.9 Å². The summed E-state index contributed by atoms with van der Waals surface area (Å²) in [7, 11) is 0. The second-order valence-electron chi connectivity index (χ2n) is 5.63. The lowest BCUT2D eigenvalue weighted by Crippen LogP contribution is -2.44. The van der Waals surface area contributed by atoms with Gasteiger partial charge in [0.2, 0.25) is 5.91 Å². The lowest BCUT2D eigenvalue weighted by Gasteiger charge is -2.27. The van der Waals surface area contributed by atoms with E-state index < -0.39 is 12.1 Å². The molecule has 0 aliphatic heterocycles. The first-order chi connectivity index (χ1) is 11.1. The van der Waals surface area contributed by atoms with Crippen LogP contribution in [0.15, 0.2) is 47.8 Å². The maximum absolute atomic E-state index is 12.6. The van der Waals surface area contributed by atoms with Gasteiger partial charge in [-0.25, -0.2) is 0 Å². The molecule has 0 bridgehead atoms. The topological polar surface area (TPSA) is 66.6 Å². The van der Waals surface area contributed by atoms with Gasteiger partial charge in [-0.2, -0.15) is 0 Å². The highest BCUT2D eigenvalue weighted by molar-refractivity contribution is 7.10. The first-order valence-electron chi connectivity index (χ1n) is 7.91. The van der Waals surface area contributed by atoms with Crippen LogP contribution in [-0.2, 0) is 11.3 Å². The highest BCUT2D eigenvalue weighted by Gasteiger charge is 2.23. The minimum atomic E-state index is -0.684. The van der Waals surface area contributed by atoms with Crippen molar-refractivity contribution in [1.29, 1.82) is 0 Å². The van der Waals surface area contributed by atoms with Crippen molar-refractivity contribution in [2.75, 3.05) is 6.54 Å². The number of aliphatic hydroxyl groups excluding tert-OH is 1. The molecule has 0 fully saturated rings. The Balaban J connectivity index is 0.00000288. The van der Waals surface area contributed by atoms with E-state index in [0.717, 1.165) is 16.9 Å². The summed E-state index contributed by atoms with van der Waals surface area (Å²) in [6.45, 7) is 2.72. The Morgan fingerprint density at radius 2 is 1.96 bits per heavy atom. The summed E-state index contributed by atoms with van der Waals surface area (Å²) in [5, 5.41) is 12.3. The number of nitrogens with two attached hydrogens (primary N) is 1. The van der Waals surface area contributed by atoms with E-state index in [1.54, 1.807) is 4.90 Å². The molecule has 1 aromatic heterocycles. The molecule has 6 heteroatoms. The largest absolute Gasteiger partial charge is 0.386 e. The maximum atomic E-state index is 12.6. The number of thiophene rings is 1. The molecule has 2 unspecified atom stereocenters. The molecule has 1 amide bonds. The summed E-state index contributed by atoms with van der Waals surface area (Å²) in [5.41, 5.74) is 7.04. The molecule has 3 N–H and O–H groups in total. The van der Waals surface area contributed by atoms with Gasteiger partial charge in [-0.3, -0.25) is 4.79 Å². The SMILES string of the molecule is CCCC(N)C(=O)N(Cc1ccccc1)CC(O)c1cccs1.Cl. The van der Waals surface area contributed by atoms with Crippen molar-refractivity contribution < 1.29 is 9.90 Å². The van der Waals surface area contributed by atoms with E-state index in [4.69, 9.17) is 5.73 Å². The summed E-state index contributed by atoms with van der Waals surface area (Å²) in [5.74, 6) is -0.105. The Morgan fingerprint density at radius 3 is 2.54 bits per heavy atom. The standard InChI is InChI=1S/C18H24N2O2S.ClH/c1-2-7-15(19)18(22)20(12-14-8-4-3-5-9-14)13-16(21)17-10-6-11-23-17;/h3-6,8-11,15-16,21H,2,7,12-13,19H2,1H3;1H. The van der Waals surface area contributed by atoms with Crippen molar-refractivity contribution >= 4 is 29.7 Å². The molecule has 2 atom stereocenters. The van der Waals surface area contributed by atoms with E-state index >= 15 is 0 Å². The zero-order valence-electron chi connectivity index (χ0n) is 13.8. The van der Waals surface area contributed by atoms with Gasteiger partial charge in [0.1, 0.15) is 6.10 Å². The number of hydrogen-bond donors (Lipinski definition) is 2. The second-order valence-corrected chi connectivity index (χ2v) is 6.61. The number of nitrogens with zero attached hydrogens (tertiary/aromatic N) is 1. The van der Waals surface area contributed by atoms with Crippen LogP contribution in [-0.4, -0.2) is 28.5 Å². The quantitative estimate of drug-likeness (QED) is 0.750. The Kier molecular flexibility index (Phi) is 9.00. The van der Waals surface area contributed by atoms with Gasteiger partial charge in [0, 0.05) is 11.4 Å². The van der Waals surface area contributed by atoms with Crippen LogP contribution in [0, 0.1) is 0 Å². The third-order valence-electron chi connectivity index (χ3n) is 3.71. The first kappa shape index (κ1) is 20.6. The number of hydrogen-bond acceptors (Lipinski definition) is 4. The van der Waals surface area contributed by atoms with E-state index in [1.165, 1.54) is 11.3 Å². The van der Waals surface area contributed by atoms with Gasteiger partial charge in [0.15, 0.2) is 0 Å². The summed E-state index contributed by atoms with van der Waals surface area (Å²) in [6.07, 6.45) is 0.829. The Hall–Kier alpha value is -1.40. The van der Waals surface area contributed by atoms with Gasteiger partial charge < -0.3 is 15.7 Å². The first-order valence-corrected chi connectivity index (χ1v) is 8.79. The molecule has 0 saturated heterocycles. The van der Waals surface area contributed by atoms with E-state index in [0.29, 0.717) is 13.0 Å². The number of rotatable bonds is 8. The van der Waals surface area contributed by atoms with Crippen LogP contribution in [0.1, 0.15) is 36.3 Å². The Labute approximate surface area is 153 Å². The third kappa shape index (κ3) is 5.91. The third-order valence-corrected chi connectivity index (χ3v) is 4.68. The molecule has 0 aliphatic carbocycles. The zero-order valence-corrected chi connectivity index (χ0v) is 15.4. The van der Waals surface area contributed by atoms with Crippen LogP contribution in [0.4, 0.5) is 0 Å². The number of carbonyl (C=O) groups excluding carboxylic acids is 1. The number of carbonyl (C=O) groups is 1.